The maximum absolute atomic E-state index is 12.8. The molecule has 150 valence electrons. The Morgan fingerprint density at radius 3 is 2.50 bits per heavy atom. The Hall–Kier alpha value is -2.83. The number of nitrogens with one attached hydrogen (secondary N) is 1. The molecule has 0 unspecified atom stereocenters. The van der Waals surface area contributed by atoms with Crippen molar-refractivity contribution < 1.29 is 9.53 Å². The highest BCUT2D eigenvalue weighted by atomic mass is 16.5. The van der Waals surface area contributed by atoms with Crippen molar-refractivity contribution in [1.82, 2.24) is 14.9 Å². The summed E-state index contributed by atoms with van der Waals surface area (Å²) in [6.07, 6.45) is 2.51. The minimum Gasteiger partial charge on any atom is -0.497 e. The highest BCUT2D eigenvalue weighted by Crippen LogP contribution is 2.21. The maximum atomic E-state index is 12.8. The fraction of sp³-hybridized carbons (Fsp3) is 0.476. The lowest BCUT2D eigenvalue weighted by Crippen LogP contribution is -2.49. The third-order valence-electron chi connectivity index (χ3n) is 4.92. The van der Waals surface area contributed by atoms with E-state index in [9.17, 15) is 4.79 Å². The summed E-state index contributed by atoms with van der Waals surface area (Å²) in [7, 11) is 1.66. The van der Waals surface area contributed by atoms with Gasteiger partial charge in [-0.05, 0) is 36.6 Å². The van der Waals surface area contributed by atoms with E-state index in [-0.39, 0.29) is 5.91 Å². The number of hydrogen-bond acceptors (Lipinski definition) is 6. The van der Waals surface area contributed by atoms with Crippen molar-refractivity contribution in [2.24, 2.45) is 5.92 Å². The Morgan fingerprint density at radius 1 is 1.14 bits per heavy atom. The van der Waals surface area contributed by atoms with Crippen LogP contribution in [0.5, 0.6) is 5.75 Å². The van der Waals surface area contributed by atoms with Crippen LogP contribution in [0.15, 0.2) is 36.7 Å². The van der Waals surface area contributed by atoms with E-state index in [4.69, 9.17) is 4.74 Å². The molecule has 28 heavy (non-hydrogen) atoms. The van der Waals surface area contributed by atoms with Crippen LogP contribution in [0.2, 0.25) is 0 Å². The molecule has 1 aliphatic heterocycles. The van der Waals surface area contributed by atoms with Gasteiger partial charge >= 0.3 is 0 Å². The Morgan fingerprint density at radius 2 is 1.86 bits per heavy atom. The van der Waals surface area contributed by atoms with Gasteiger partial charge in [0.1, 0.15) is 23.6 Å². The SMILES string of the molecule is COc1ccc(N2CCN(C(=O)c3cc(NCCC(C)C)ncn3)CC2)cc1. The average Bonchev–Trinajstić information content (AvgIpc) is 2.73. The smallest absolute Gasteiger partial charge is 0.272 e. The zero-order valence-corrected chi connectivity index (χ0v) is 16.9. The summed E-state index contributed by atoms with van der Waals surface area (Å²) in [5, 5.41) is 3.27. The van der Waals surface area contributed by atoms with E-state index >= 15 is 0 Å². The lowest BCUT2D eigenvalue weighted by Gasteiger charge is -2.36. The van der Waals surface area contributed by atoms with Crippen molar-refractivity contribution in [2.75, 3.05) is 50.1 Å². The summed E-state index contributed by atoms with van der Waals surface area (Å²) in [4.78, 5) is 25.4. The van der Waals surface area contributed by atoms with Gasteiger partial charge in [-0.25, -0.2) is 9.97 Å². The zero-order chi connectivity index (χ0) is 19.9. The molecule has 7 heteroatoms. The van der Waals surface area contributed by atoms with Crippen LogP contribution in [0.4, 0.5) is 11.5 Å². The number of aromatic nitrogens is 2. The summed E-state index contributed by atoms with van der Waals surface area (Å²) < 4.78 is 5.21. The first-order chi connectivity index (χ1) is 13.6. The van der Waals surface area contributed by atoms with Crippen LogP contribution < -0.4 is 15.0 Å². The lowest BCUT2D eigenvalue weighted by atomic mass is 10.1. The van der Waals surface area contributed by atoms with E-state index in [0.29, 0.717) is 30.5 Å². The molecule has 0 aliphatic carbocycles. The fourth-order valence-electron chi connectivity index (χ4n) is 3.18. The van der Waals surface area contributed by atoms with Crippen molar-refractivity contribution in [3.63, 3.8) is 0 Å². The third kappa shape index (κ3) is 5.12. The molecule has 0 spiro atoms. The van der Waals surface area contributed by atoms with E-state index in [1.807, 2.05) is 17.0 Å². The van der Waals surface area contributed by atoms with Crippen LogP contribution >= 0.6 is 0 Å². The van der Waals surface area contributed by atoms with Crippen molar-refractivity contribution in [3.8, 4) is 5.75 Å². The highest BCUT2D eigenvalue weighted by molar-refractivity contribution is 5.93. The fourth-order valence-corrected chi connectivity index (χ4v) is 3.18. The minimum atomic E-state index is -0.0382. The number of benzene rings is 1. The molecular weight excluding hydrogens is 354 g/mol. The predicted octanol–water partition coefficient (Wildman–Crippen LogP) is 2.91. The number of rotatable bonds is 7. The Labute approximate surface area is 166 Å². The second-order valence-corrected chi connectivity index (χ2v) is 7.38. The van der Waals surface area contributed by atoms with Gasteiger partial charge in [-0.1, -0.05) is 13.8 Å². The van der Waals surface area contributed by atoms with Crippen LogP contribution in [0.1, 0.15) is 30.8 Å². The monoisotopic (exact) mass is 383 g/mol. The van der Waals surface area contributed by atoms with Crippen LogP contribution in [0.3, 0.4) is 0 Å². The molecule has 1 amide bonds. The summed E-state index contributed by atoms with van der Waals surface area (Å²) in [5.41, 5.74) is 1.59. The number of anilines is 2. The van der Waals surface area contributed by atoms with Gasteiger partial charge < -0.3 is 19.9 Å². The summed E-state index contributed by atoms with van der Waals surface area (Å²) in [6, 6.07) is 9.77. The van der Waals surface area contributed by atoms with Crippen LogP contribution in [0.25, 0.3) is 0 Å². The molecular formula is C21H29N5O2. The largest absolute Gasteiger partial charge is 0.497 e. The van der Waals surface area contributed by atoms with Gasteiger partial charge in [0, 0.05) is 44.5 Å². The molecule has 1 saturated heterocycles. The first kappa shape index (κ1) is 19.9. The summed E-state index contributed by atoms with van der Waals surface area (Å²) in [5.74, 6) is 2.14. The average molecular weight is 383 g/mol. The molecule has 0 radical (unpaired) electrons. The quantitative estimate of drug-likeness (QED) is 0.793. The highest BCUT2D eigenvalue weighted by Gasteiger charge is 2.23. The molecule has 1 N–H and O–H groups in total. The maximum Gasteiger partial charge on any atom is 0.272 e. The number of carbonyl (C=O) groups is 1. The second kappa shape index (κ2) is 9.39. The molecule has 1 aromatic carbocycles. The molecule has 0 atom stereocenters. The van der Waals surface area contributed by atoms with Crippen molar-refractivity contribution >= 4 is 17.4 Å². The number of amides is 1. The van der Waals surface area contributed by atoms with Gasteiger partial charge in [0.15, 0.2) is 0 Å². The van der Waals surface area contributed by atoms with E-state index in [1.54, 1.807) is 13.2 Å². The van der Waals surface area contributed by atoms with E-state index in [2.05, 4.69) is 46.2 Å². The van der Waals surface area contributed by atoms with E-state index < -0.39 is 0 Å². The van der Waals surface area contributed by atoms with Crippen LogP contribution in [0, 0.1) is 5.92 Å². The minimum absolute atomic E-state index is 0.0382. The number of hydrogen-bond donors (Lipinski definition) is 1. The Balaban J connectivity index is 1.55. The number of ether oxygens (including phenoxy) is 1. The molecule has 2 heterocycles. The number of carbonyl (C=O) groups excluding carboxylic acids is 1. The van der Waals surface area contributed by atoms with Crippen molar-refractivity contribution in [3.05, 3.63) is 42.4 Å². The summed E-state index contributed by atoms with van der Waals surface area (Å²) in [6.45, 7) is 8.13. The topological polar surface area (TPSA) is 70.6 Å². The van der Waals surface area contributed by atoms with E-state index in [1.165, 1.54) is 6.33 Å². The molecule has 0 bridgehead atoms. The molecule has 1 fully saturated rings. The lowest BCUT2D eigenvalue weighted by molar-refractivity contribution is 0.0740. The van der Waals surface area contributed by atoms with Crippen molar-refractivity contribution in [2.45, 2.75) is 20.3 Å². The Bertz CT molecular complexity index is 771. The van der Waals surface area contributed by atoms with Crippen molar-refractivity contribution in [1.29, 1.82) is 0 Å². The molecule has 1 aliphatic rings. The van der Waals surface area contributed by atoms with E-state index in [0.717, 1.165) is 37.5 Å². The van der Waals surface area contributed by atoms with Gasteiger partial charge in [0.2, 0.25) is 0 Å². The van der Waals surface area contributed by atoms with Gasteiger partial charge in [-0.3, -0.25) is 4.79 Å². The first-order valence-corrected chi connectivity index (χ1v) is 9.81. The van der Waals surface area contributed by atoms with Crippen LogP contribution in [-0.4, -0.2) is 60.6 Å². The van der Waals surface area contributed by atoms with Gasteiger partial charge in [0.25, 0.3) is 5.91 Å². The number of piperazine rings is 1. The van der Waals surface area contributed by atoms with Crippen LogP contribution in [-0.2, 0) is 0 Å². The molecule has 7 nitrogen and oxygen atoms in total. The summed E-state index contributed by atoms with van der Waals surface area (Å²) >= 11 is 0. The predicted molar refractivity (Wildman–Crippen MR) is 111 cm³/mol. The zero-order valence-electron chi connectivity index (χ0n) is 16.9. The Kier molecular flexibility index (Phi) is 6.68. The molecule has 1 aromatic heterocycles. The second-order valence-electron chi connectivity index (χ2n) is 7.38. The molecule has 0 saturated carbocycles. The third-order valence-corrected chi connectivity index (χ3v) is 4.92. The van der Waals surface area contributed by atoms with Gasteiger partial charge in [0.05, 0.1) is 7.11 Å². The van der Waals surface area contributed by atoms with Gasteiger partial charge in [-0.15, -0.1) is 0 Å². The first-order valence-electron chi connectivity index (χ1n) is 9.81. The standard InChI is InChI=1S/C21H29N5O2/c1-16(2)8-9-22-20-14-19(23-15-24-20)21(27)26-12-10-25(11-13-26)17-4-6-18(28-3)7-5-17/h4-7,14-16H,8-13H2,1-3H3,(H,22,23,24). The van der Waals surface area contributed by atoms with Gasteiger partial charge in [-0.2, -0.15) is 0 Å². The molecule has 3 rings (SSSR count). The number of nitrogens with zero attached hydrogens (tertiary/aromatic N) is 4. The molecule has 2 aromatic rings. The normalized spacial score (nSPS) is 14.3. The number of methoxy groups -OCH3 is 1.